The molecule has 44 heavy (non-hydrogen) atoms. The van der Waals surface area contributed by atoms with Crippen molar-refractivity contribution >= 4 is 5.57 Å². The summed E-state index contributed by atoms with van der Waals surface area (Å²) in [7, 11) is 0. The van der Waals surface area contributed by atoms with E-state index >= 15 is 8.78 Å². The van der Waals surface area contributed by atoms with Crippen LogP contribution in [0, 0.1) is 11.6 Å². The lowest BCUT2D eigenvalue weighted by Gasteiger charge is -2.47. The average molecular weight is 598 g/mol. The van der Waals surface area contributed by atoms with Gasteiger partial charge in [-0.25, -0.2) is 8.78 Å². The van der Waals surface area contributed by atoms with E-state index in [1.54, 1.807) is 6.92 Å². The fourth-order valence-corrected chi connectivity index (χ4v) is 5.73. The van der Waals surface area contributed by atoms with Crippen LogP contribution in [0.2, 0.25) is 0 Å². The first-order valence-electron chi connectivity index (χ1n) is 15.2. The predicted octanol–water partition coefficient (Wildman–Crippen LogP) is 8.00. The molecule has 0 aliphatic carbocycles. The molecule has 1 heterocycles. The van der Waals surface area contributed by atoms with Crippen LogP contribution in [0.1, 0.15) is 41.7 Å². The van der Waals surface area contributed by atoms with Crippen LogP contribution in [0.4, 0.5) is 8.78 Å². The van der Waals surface area contributed by atoms with Gasteiger partial charge in [0.15, 0.2) is 0 Å². The van der Waals surface area contributed by atoms with Crippen molar-refractivity contribution in [2.24, 2.45) is 0 Å². The van der Waals surface area contributed by atoms with Gasteiger partial charge in [-0.15, -0.1) is 0 Å². The summed E-state index contributed by atoms with van der Waals surface area (Å²) in [5.74, 6) is -1.10. The molecule has 1 aliphatic heterocycles. The lowest BCUT2D eigenvalue weighted by atomic mass is 9.93. The molecule has 0 aromatic heterocycles. The zero-order chi connectivity index (χ0) is 30.9. The maximum atomic E-state index is 15.0. The van der Waals surface area contributed by atoms with Crippen LogP contribution in [0.15, 0.2) is 110 Å². The maximum Gasteiger partial charge on any atom is 0.129 e. The third-order valence-corrected chi connectivity index (χ3v) is 8.32. The van der Waals surface area contributed by atoms with Gasteiger partial charge in [-0.05, 0) is 54.7 Å². The monoisotopic (exact) mass is 597 g/mol. The Kier molecular flexibility index (Phi) is 11.1. The molecule has 1 saturated heterocycles. The van der Waals surface area contributed by atoms with Crippen molar-refractivity contribution in [2.75, 3.05) is 13.1 Å². The summed E-state index contributed by atoms with van der Waals surface area (Å²) in [6.07, 6.45) is -0.840. The number of piperidine rings is 1. The molecule has 4 nitrogen and oxygen atoms in total. The van der Waals surface area contributed by atoms with Gasteiger partial charge < -0.3 is 14.2 Å². The Morgan fingerprint density at radius 3 is 1.66 bits per heavy atom. The van der Waals surface area contributed by atoms with E-state index < -0.39 is 11.6 Å². The molecule has 0 amide bonds. The van der Waals surface area contributed by atoms with Gasteiger partial charge in [0.05, 0.1) is 25.9 Å². The fourth-order valence-electron chi connectivity index (χ4n) is 5.73. The normalized spacial score (nSPS) is 20.5. The van der Waals surface area contributed by atoms with Crippen LogP contribution in [0.5, 0.6) is 0 Å². The lowest BCUT2D eigenvalue weighted by Crippen LogP contribution is -2.62. The first-order chi connectivity index (χ1) is 21.4. The standard InChI is InChI=1S/C38H41F2NO3/c1-27(2)32-21-34(39)33(35(40)22-32)19-20-41-23-36(42-24-29-13-7-4-8-14-29)38(44-26-31-17-11-6-12-18-31)37(28(41)3)43-25-30-15-9-5-10-16-30/h4-18,21-22,28,36-38H,1,19-20,23-26H2,2-3H3/t28-,36+,37-,38-/m1/s1. The molecule has 4 aromatic carbocycles. The molecule has 4 atom stereocenters. The molecule has 1 fully saturated rings. The van der Waals surface area contributed by atoms with E-state index in [1.807, 2.05) is 91.0 Å². The number of nitrogens with zero attached hydrogens (tertiary/aromatic N) is 1. The fraction of sp³-hybridized carbons (Fsp3) is 0.316. The van der Waals surface area contributed by atoms with Gasteiger partial charge in [-0.3, -0.25) is 4.90 Å². The number of halogens is 2. The summed E-state index contributed by atoms with van der Waals surface area (Å²) in [5.41, 5.74) is 4.35. The third-order valence-electron chi connectivity index (χ3n) is 8.32. The zero-order valence-electron chi connectivity index (χ0n) is 25.5. The maximum absolute atomic E-state index is 15.0. The molecule has 0 bridgehead atoms. The van der Waals surface area contributed by atoms with Crippen molar-refractivity contribution in [3.8, 4) is 0 Å². The average Bonchev–Trinajstić information content (AvgIpc) is 3.04. The summed E-state index contributed by atoms with van der Waals surface area (Å²) in [6, 6.07) is 32.8. The quantitative estimate of drug-likeness (QED) is 0.156. The second kappa shape index (κ2) is 15.4. The molecule has 0 spiro atoms. The first-order valence-corrected chi connectivity index (χ1v) is 15.2. The summed E-state index contributed by atoms with van der Waals surface area (Å²) in [4.78, 5) is 2.21. The van der Waals surface area contributed by atoms with Gasteiger partial charge in [-0.2, -0.15) is 0 Å². The Morgan fingerprint density at radius 2 is 1.18 bits per heavy atom. The third kappa shape index (κ3) is 8.27. The van der Waals surface area contributed by atoms with E-state index in [4.69, 9.17) is 14.2 Å². The summed E-state index contributed by atoms with van der Waals surface area (Å²) in [5, 5.41) is 0. The van der Waals surface area contributed by atoms with E-state index in [9.17, 15) is 0 Å². The molecular formula is C38H41F2NO3. The molecule has 4 aromatic rings. The number of likely N-dealkylation sites (tertiary alicyclic amines) is 1. The highest BCUT2D eigenvalue weighted by molar-refractivity contribution is 5.61. The van der Waals surface area contributed by atoms with Crippen LogP contribution in [-0.4, -0.2) is 42.3 Å². The van der Waals surface area contributed by atoms with E-state index in [0.29, 0.717) is 44.0 Å². The number of benzene rings is 4. The summed E-state index contributed by atoms with van der Waals surface area (Å²) >= 11 is 0. The van der Waals surface area contributed by atoms with Crippen LogP contribution >= 0.6 is 0 Å². The minimum atomic E-state index is -0.550. The second-order valence-corrected chi connectivity index (χ2v) is 11.5. The highest BCUT2D eigenvalue weighted by atomic mass is 19.1. The van der Waals surface area contributed by atoms with Crippen LogP contribution in [-0.2, 0) is 40.5 Å². The molecule has 1 aliphatic rings. The molecule has 0 unspecified atom stereocenters. The van der Waals surface area contributed by atoms with Gasteiger partial charge in [0, 0.05) is 24.7 Å². The van der Waals surface area contributed by atoms with Gasteiger partial charge >= 0.3 is 0 Å². The van der Waals surface area contributed by atoms with Crippen LogP contribution < -0.4 is 0 Å². The molecule has 230 valence electrons. The Labute approximate surface area is 259 Å². The minimum Gasteiger partial charge on any atom is -0.369 e. The van der Waals surface area contributed by atoms with Crippen molar-refractivity contribution < 1.29 is 23.0 Å². The number of hydrogen-bond donors (Lipinski definition) is 0. The molecular weight excluding hydrogens is 556 g/mol. The largest absolute Gasteiger partial charge is 0.369 e. The predicted molar refractivity (Wildman–Crippen MR) is 171 cm³/mol. The SMILES string of the molecule is C=C(C)c1cc(F)c(CCN2C[C@H](OCc3ccccc3)[C@@H](OCc3ccccc3)[C@H](OCc3ccccc3)[C@H]2C)c(F)c1. The molecule has 0 radical (unpaired) electrons. The topological polar surface area (TPSA) is 30.9 Å². The highest BCUT2D eigenvalue weighted by Crippen LogP contribution is 2.29. The van der Waals surface area contributed by atoms with Crippen molar-refractivity contribution in [3.63, 3.8) is 0 Å². The first kappa shape index (κ1) is 31.7. The molecule has 0 N–H and O–H groups in total. The molecule has 5 rings (SSSR count). The van der Waals surface area contributed by atoms with Crippen molar-refractivity contribution in [2.45, 2.75) is 64.4 Å². The number of ether oxygens (including phenoxy) is 3. The Balaban J connectivity index is 1.40. The highest BCUT2D eigenvalue weighted by Gasteiger charge is 2.44. The van der Waals surface area contributed by atoms with Gasteiger partial charge in [0.25, 0.3) is 0 Å². The van der Waals surface area contributed by atoms with Crippen molar-refractivity contribution in [1.29, 1.82) is 0 Å². The van der Waals surface area contributed by atoms with Crippen molar-refractivity contribution in [3.05, 3.63) is 149 Å². The smallest absolute Gasteiger partial charge is 0.129 e. The lowest BCUT2D eigenvalue weighted by molar-refractivity contribution is -0.200. The Bertz CT molecular complexity index is 1460. The van der Waals surface area contributed by atoms with Gasteiger partial charge in [-0.1, -0.05) is 103 Å². The number of rotatable bonds is 13. The zero-order valence-corrected chi connectivity index (χ0v) is 25.5. The van der Waals surface area contributed by atoms with Crippen LogP contribution in [0.25, 0.3) is 5.57 Å². The van der Waals surface area contributed by atoms with Gasteiger partial charge in [0.1, 0.15) is 23.8 Å². The molecule has 0 saturated carbocycles. The van der Waals surface area contributed by atoms with E-state index in [1.165, 1.54) is 12.1 Å². The van der Waals surface area contributed by atoms with E-state index in [-0.39, 0.29) is 36.3 Å². The van der Waals surface area contributed by atoms with Crippen LogP contribution in [0.3, 0.4) is 0 Å². The van der Waals surface area contributed by atoms with E-state index in [2.05, 4.69) is 18.4 Å². The minimum absolute atomic E-state index is 0.0770. The number of allylic oxidation sites excluding steroid dienone is 1. The summed E-state index contributed by atoms with van der Waals surface area (Å²) in [6.45, 7) is 9.86. The summed E-state index contributed by atoms with van der Waals surface area (Å²) < 4.78 is 49.9. The van der Waals surface area contributed by atoms with Crippen molar-refractivity contribution in [1.82, 2.24) is 4.90 Å². The Hall–Kier alpha value is -3.68. The van der Waals surface area contributed by atoms with E-state index in [0.717, 1.165) is 16.7 Å². The second-order valence-electron chi connectivity index (χ2n) is 11.5. The molecule has 6 heteroatoms. The van der Waals surface area contributed by atoms with Gasteiger partial charge in [0.2, 0.25) is 0 Å². The Morgan fingerprint density at radius 1 is 0.727 bits per heavy atom. The number of hydrogen-bond acceptors (Lipinski definition) is 4.